The van der Waals surface area contributed by atoms with Crippen LogP contribution in [-0.2, 0) is 14.3 Å². The van der Waals surface area contributed by atoms with Crippen molar-refractivity contribution in [3.8, 4) is 0 Å². The predicted molar refractivity (Wildman–Crippen MR) is 191 cm³/mol. The summed E-state index contributed by atoms with van der Waals surface area (Å²) >= 11 is 3.45. The lowest BCUT2D eigenvalue weighted by Gasteiger charge is -2.73. The van der Waals surface area contributed by atoms with Gasteiger partial charge in [0.2, 0.25) is 0 Å². The van der Waals surface area contributed by atoms with Gasteiger partial charge in [-0.2, -0.15) is 0 Å². The average molecular weight is 736 g/mol. The first-order chi connectivity index (χ1) is 23.3. The van der Waals surface area contributed by atoms with E-state index in [0.29, 0.717) is 25.1 Å². The Morgan fingerprint density at radius 3 is 2.20 bits per heavy atom. The zero-order valence-corrected chi connectivity index (χ0v) is 31.2. The van der Waals surface area contributed by atoms with Crippen LogP contribution in [0.2, 0.25) is 0 Å². The number of allylic oxidation sites excluding steroid dienone is 1. The first-order valence-corrected chi connectivity index (χ1v) is 18.8. The maximum atomic E-state index is 13.8. The van der Waals surface area contributed by atoms with Crippen molar-refractivity contribution < 1.29 is 19.1 Å². The number of halogens is 1. The van der Waals surface area contributed by atoms with E-state index < -0.39 is 16.2 Å². The molecule has 10 atom stereocenters. The van der Waals surface area contributed by atoms with Crippen LogP contribution in [-0.4, -0.2) is 38.2 Å². The molecule has 0 aliphatic heterocycles. The predicted octanol–water partition coefficient (Wildman–Crippen LogP) is 10.4. The standard InChI is InChI=1S/C38H51BrN6O4/c1-23(2)26-13-17-36(33(47)48-6)19-20-37(21-42-44-40)27(31(26)36)11-12-29-35(5)16-15-30(49-32(46)24-7-9-25(39)10-8-24)34(3,4)28(35)14-18-38(29,37)22-43-45-41/h7-10,26-31H,1,11-22H2,2-6H3/t26-,27?,28?,29?,30-,31?,35-,36-,37-,38-/m0/s1. The molecule has 5 fully saturated rings. The molecule has 0 heterocycles. The number of nitrogens with zero attached hydrogens (tertiary/aromatic N) is 6. The third-order valence-electron chi connectivity index (χ3n) is 15.1. The summed E-state index contributed by atoms with van der Waals surface area (Å²) in [4.78, 5) is 33.8. The molecule has 0 spiro atoms. The summed E-state index contributed by atoms with van der Waals surface area (Å²) in [5.74, 6) is 0.337. The van der Waals surface area contributed by atoms with Crippen molar-refractivity contribution in [2.24, 2.45) is 66.9 Å². The third kappa shape index (κ3) is 5.24. The highest BCUT2D eigenvalue weighted by Gasteiger charge is 2.74. The van der Waals surface area contributed by atoms with E-state index in [1.165, 1.54) is 7.11 Å². The van der Waals surface area contributed by atoms with Gasteiger partial charge in [0.15, 0.2) is 0 Å². The molecule has 4 unspecified atom stereocenters. The Morgan fingerprint density at radius 1 is 0.898 bits per heavy atom. The monoisotopic (exact) mass is 734 g/mol. The Hall–Kier alpha value is -3.00. The summed E-state index contributed by atoms with van der Waals surface area (Å²) in [7, 11) is 1.50. The van der Waals surface area contributed by atoms with Gasteiger partial charge in [0.25, 0.3) is 0 Å². The topological polar surface area (TPSA) is 150 Å². The number of hydrogen-bond donors (Lipinski definition) is 0. The smallest absolute Gasteiger partial charge is 0.338 e. The number of fused-ring (bicyclic) bond motifs is 7. The molecule has 5 saturated carbocycles. The second-order valence-electron chi connectivity index (χ2n) is 16.8. The number of hydrogen-bond acceptors (Lipinski definition) is 6. The molecule has 0 bridgehead atoms. The molecule has 6 rings (SSSR count). The van der Waals surface area contributed by atoms with Crippen molar-refractivity contribution in [1.29, 1.82) is 0 Å². The number of esters is 2. The van der Waals surface area contributed by atoms with Crippen molar-refractivity contribution in [2.45, 2.75) is 98.0 Å². The summed E-state index contributed by atoms with van der Waals surface area (Å²) < 4.78 is 12.8. The fourth-order valence-electron chi connectivity index (χ4n) is 13.2. The van der Waals surface area contributed by atoms with E-state index in [2.05, 4.69) is 70.3 Å². The first kappa shape index (κ1) is 35.8. The summed E-state index contributed by atoms with van der Waals surface area (Å²) in [6, 6.07) is 7.30. The van der Waals surface area contributed by atoms with Crippen LogP contribution in [0.5, 0.6) is 0 Å². The van der Waals surface area contributed by atoms with Crippen LogP contribution in [0.15, 0.2) is 51.1 Å². The summed E-state index contributed by atoms with van der Waals surface area (Å²) in [6.45, 7) is 14.1. The highest BCUT2D eigenvalue weighted by Crippen LogP contribution is 2.78. The molecule has 11 heteroatoms. The lowest BCUT2D eigenvalue weighted by molar-refractivity contribution is -0.253. The second kappa shape index (κ2) is 13.0. The molecule has 10 nitrogen and oxygen atoms in total. The number of methoxy groups -OCH3 is 1. The molecule has 264 valence electrons. The van der Waals surface area contributed by atoms with Crippen LogP contribution in [0, 0.1) is 56.7 Å². The molecule has 0 aromatic heterocycles. The first-order valence-electron chi connectivity index (χ1n) is 18.0. The van der Waals surface area contributed by atoms with Crippen molar-refractivity contribution in [1.82, 2.24) is 0 Å². The summed E-state index contributed by atoms with van der Waals surface area (Å²) in [6.07, 6.45) is 8.00. The number of ether oxygens (including phenoxy) is 2. The molecule has 5 aliphatic carbocycles. The molecular weight excluding hydrogens is 684 g/mol. The van der Waals surface area contributed by atoms with Crippen LogP contribution < -0.4 is 0 Å². The number of benzene rings is 1. The van der Waals surface area contributed by atoms with Gasteiger partial charge < -0.3 is 9.47 Å². The van der Waals surface area contributed by atoms with E-state index in [1.807, 2.05) is 12.1 Å². The lowest BCUT2D eigenvalue weighted by atomic mass is 9.31. The van der Waals surface area contributed by atoms with Gasteiger partial charge in [-0.25, -0.2) is 4.79 Å². The Morgan fingerprint density at radius 2 is 1.57 bits per heavy atom. The zero-order valence-electron chi connectivity index (χ0n) is 29.7. The fourth-order valence-corrected chi connectivity index (χ4v) is 13.5. The van der Waals surface area contributed by atoms with E-state index in [1.54, 1.807) is 12.1 Å². The normalized spacial score (nSPS) is 40.1. The van der Waals surface area contributed by atoms with Gasteiger partial charge in [0, 0.05) is 32.8 Å². The highest BCUT2D eigenvalue weighted by atomic mass is 79.9. The fraction of sp³-hybridized carbons (Fsp3) is 0.737. The maximum absolute atomic E-state index is 13.8. The van der Waals surface area contributed by atoms with Gasteiger partial charge in [-0.15, -0.1) is 0 Å². The molecule has 0 radical (unpaired) electrons. The lowest BCUT2D eigenvalue weighted by Crippen LogP contribution is -2.70. The van der Waals surface area contributed by atoms with Crippen LogP contribution in [0.4, 0.5) is 0 Å². The van der Waals surface area contributed by atoms with Gasteiger partial charge in [0.1, 0.15) is 6.10 Å². The Labute approximate surface area is 298 Å². The van der Waals surface area contributed by atoms with Crippen molar-refractivity contribution >= 4 is 27.9 Å². The van der Waals surface area contributed by atoms with E-state index >= 15 is 0 Å². The van der Waals surface area contributed by atoms with Gasteiger partial charge in [-0.1, -0.05) is 59.1 Å². The molecular formula is C38H51BrN6O4. The minimum atomic E-state index is -0.588. The number of carbonyl (C=O) groups is 2. The van der Waals surface area contributed by atoms with E-state index in [4.69, 9.17) is 9.47 Å². The van der Waals surface area contributed by atoms with Crippen LogP contribution in [0.1, 0.15) is 102 Å². The van der Waals surface area contributed by atoms with Gasteiger partial charge in [0.05, 0.1) is 18.1 Å². The third-order valence-corrected chi connectivity index (χ3v) is 15.6. The molecule has 0 saturated heterocycles. The zero-order chi connectivity index (χ0) is 35.4. The minimum absolute atomic E-state index is 0.0275. The number of carbonyl (C=O) groups excluding carboxylic acids is 2. The molecule has 0 N–H and O–H groups in total. The van der Waals surface area contributed by atoms with E-state index in [-0.39, 0.29) is 58.5 Å². The Bertz CT molecular complexity index is 1600. The summed E-state index contributed by atoms with van der Waals surface area (Å²) in [5, 5.41) is 8.75. The molecule has 1 aromatic rings. The highest BCUT2D eigenvalue weighted by molar-refractivity contribution is 9.10. The Balaban J connectivity index is 1.41. The second-order valence-corrected chi connectivity index (χ2v) is 17.8. The van der Waals surface area contributed by atoms with Crippen molar-refractivity contribution in [3.05, 3.63) is 67.3 Å². The number of rotatable bonds is 8. The maximum Gasteiger partial charge on any atom is 0.338 e. The molecule has 0 amide bonds. The van der Waals surface area contributed by atoms with Gasteiger partial charge in [-0.05, 0) is 152 Å². The quantitative estimate of drug-likeness (QED) is 0.0858. The SMILES string of the molecule is C=C(C)[C@@H]1CC[C@]2(C(=O)OC)CC[C@]3(CN=[N+]=[N-])C(CCC4[C@@]5(C)CC[C@H](OC(=O)c6ccc(Br)cc6)C(C)(C)C5CC[C@]43CN=[N+]=[N-])C12. The average Bonchev–Trinajstić information content (AvgIpc) is 3.49. The largest absolute Gasteiger partial charge is 0.469 e. The molecule has 49 heavy (non-hydrogen) atoms. The van der Waals surface area contributed by atoms with E-state index in [9.17, 15) is 20.7 Å². The van der Waals surface area contributed by atoms with Crippen molar-refractivity contribution in [3.63, 3.8) is 0 Å². The molecule has 1 aromatic carbocycles. The number of azide groups is 2. The van der Waals surface area contributed by atoms with Crippen LogP contribution in [0.3, 0.4) is 0 Å². The summed E-state index contributed by atoms with van der Waals surface area (Å²) in [5.41, 5.74) is 19.4. The van der Waals surface area contributed by atoms with Crippen molar-refractivity contribution in [2.75, 3.05) is 20.2 Å². The minimum Gasteiger partial charge on any atom is -0.469 e. The van der Waals surface area contributed by atoms with Gasteiger partial charge >= 0.3 is 11.9 Å². The van der Waals surface area contributed by atoms with Gasteiger partial charge in [-0.3, -0.25) is 4.79 Å². The van der Waals surface area contributed by atoms with Crippen LogP contribution in [0.25, 0.3) is 20.9 Å². The van der Waals surface area contributed by atoms with Crippen LogP contribution >= 0.6 is 15.9 Å². The van der Waals surface area contributed by atoms with E-state index in [0.717, 1.165) is 67.8 Å². The Kier molecular flexibility index (Phi) is 9.47. The molecule has 5 aliphatic rings.